The Morgan fingerprint density at radius 1 is 1.22 bits per heavy atom. The van der Waals surface area contributed by atoms with Crippen molar-refractivity contribution < 1.29 is 4.79 Å². The van der Waals surface area contributed by atoms with E-state index in [1.807, 2.05) is 18.2 Å². The molecule has 1 aromatic heterocycles. The lowest BCUT2D eigenvalue weighted by molar-refractivity contribution is -0.127. The third-order valence-electron chi connectivity index (χ3n) is 5.67. The summed E-state index contributed by atoms with van der Waals surface area (Å²) >= 11 is 0. The quantitative estimate of drug-likeness (QED) is 0.810. The van der Waals surface area contributed by atoms with Crippen molar-refractivity contribution in [3.05, 3.63) is 30.1 Å². The molecule has 3 heterocycles. The largest absolute Gasteiger partial charge is 0.350 e. The van der Waals surface area contributed by atoms with Gasteiger partial charge in [0.1, 0.15) is 0 Å². The second-order valence-electron chi connectivity index (χ2n) is 7.59. The fraction of sp³-hybridized carbons (Fsp3) is 0.636. The average molecular weight is 369 g/mol. The van der Waals surface area contributed by atoms with E-state index >= 15 is 0 Å². The topological polar surface area (TPSA) is 48.5 Å². The predicted molar refractivity (Wildman–Crippen MR) is 108 cm³/mol. The molecule has 0 aliphatic carbocycles. The SMILES string of the molecule is CCC#CCN1CCC(N2CCC[C@H](C(=O)NCc3ccccn3)C2)CC1. The third-order valence-corrected chi connectivity index (χ3v) is 5.67. The van der Waals surface area contributed by atoms with Crippen LogP contribution in [-0.2, 0) is 11.3 Å². The van der Waals surface area contributed by atoms with Gasteiger partial charge in [0.2, 0.25) is 5.91 Å². The molecule has 0 unspecified atom stereocenters. The highest BCUT2D eigenvalue weighted by Gasteiger charge is 2.31. The molecule has 0 aromatic carbocycles. The van der Waals surface area contributed by atoms with Gasteiger partial charge in [-0.15, -0.1) is 5.92 Å². The Morgan fingerprint density at radius 2 is 2.07 bits per heavy atom. The zero-order chi connectivity index (χ0) is 18.9. The van der Waals surface area contributed by atoms with Crippen LogP contribution in [0.5, 0.6) is 0 Å². The maximum absolute atomic E-state index is 12.6. The highest BCUT2D eigenvalue weighted by molar-refractivity contribution is 5.78. The number of pyridine rings is 1. The molecule has 0 bridgehead atoms. The van der Waals surface area contributed by atoms with Crippen molar-refractivity contribution in [2.75, 3.05) is 32.7 Å². The van der Waals surface area contributed by atoms with Crippen LogP contribution in [0.25, 0.3) is 0 Å². The molecule has 2 saturated heterocycles. The van der Waals surface area contributed by atoms with E-state index in [4.69, 9.17) is 0 Å². The van der Waals surface area contributed by atoms with Crippen LogP contribution in [0.2, 0.25) is 0 Å². The number of carbonyl (C=O) groups excluding carboxylic acids is 1. The van der Waals surface area contributed by atoms with Gasteiger partial charge in [-0.25, -0.2) is 0 Å². The van der Waals surface area contributed by atoms with Crippen molar-refractivity contribution in [2.24, 2.45) is 5.92 Å². The van der Waals surface area contributed by atoms with Crippen molar-refractivity contribution in [1.82, 2.24) is 20.1 Å². The number of nitrogens with zero attached hydrogens (tertiary/aromatic N) is 3. The lowest BCUT2D eigenvalue weighted by Gasteiger charge is -2.41. The van der Waals surface area contributed by atoms with Crippen LogP contribution < -0.4 is 5.32 Å². The van der Waals surface area contributed by atoms with E-state index in [1.165, 1.54) is 12.8 Å². The summed E-state index contributed by atoms with van der Waals surface area (Å²) in [7, 11) is 0. The molecule has 1 aromatic rings. The number of piperidine rings is 2. The summed E-state index contributed by atoms with van der Waals surface area (Å²) in [5, 5.41) is 3.08. The molecule has 0 radical (unpaired) electrons. The zero-order valence-electron chi connectivity index (χ0n) is 16.5. The number of rotatable bonds is 5. The van der Waals surface area contributed by atoms with Crippen LogP contribution in [0.15, 0.2) is 24.4 Å². The summed E-state index contributed by atoms with van der Waals surface area (Å²) in [5.74, 6) is 6.70. The highest BCUT2D eigenvalue weighted by atomic mass is 16.1. The minimum atomic E-state index is 0.107. The number of likely N-dealkylation sites (tertiary alicyclic amines) is 2. The number of hydrogen-bond acceptors (Lipinski definition) is 4. The van der Waals surface area contributed by atoms with Gasteiger partial charge in [-0.1, -0.05) is 18.9 Å². The van der Waals surface area contributed by atoms with E-state index in [0.717, 1.165) is 57.7 Å². The fourth-order valence-electron chi connectivity index (χ4n) is 4.11. The lowest BCUT2D eigenvalue weighted by atomic mass is 9.93. The summed E-state index contributed by atoms with van der Waals surface area (Å²) in [4.78, 5) is 21.9. The van der Waals surface area contributed by atoms with E-state index in [0.29, 0.717) is 12.6 Å². The van der Waals surface area contributed by atoms with Gasteiger partial charge in [-0.2, -0.15) is 0 Å². The van der Waals surface area contributed by atoms with Gasteiger partial charge >= 0.3 is 0 Å². The average Bonchev–Trinajstić information content (AvgIpc) is 2.73. The fourth-order valence-corrected chi connectivity index (χ4v) is 4.11. The Balaban J connectivity index is 1.43. The Kier molecular flexibility index (Phi) is 7.67. The molecule has 2 aliphatic heterocycles. The summed E-state index contributed by atoms with van der Waals surface area (Å²) in [6.07, 6.45) is 7.20. The minimum Gasteiger partial charge on any atom is -0.350 e. The van der Waals surface area contributed by atoms with Gasteiger partial charge < -0.3 is 5.32 Å². The number of nitrogens with one attached hydrogen (secondary N) is 1. The number of hydrogen-bond donors (Lipinski definition) is 1. The van der Waals surface area contributed by atoms with Crippen molar-refractivity contribution in [3.8, 4) is 11.8 Å². The first-order valence-corrected chi connectivity index (χ1v) is 10.4. The summed E-state index contributed by atoms with van der Waals surface area (Å²) in [5.41, 5.74) is 0.914. The first-order chi connectivity index (χ1) is 13.3. The molecule has 5 heteroatoms. The Morgan fingerprint density at radius 3 is 2.81 bits per heavy atom. The first-order valence-electron chi connectivity index (χ1n) is 10.4. The molecule has 1 N–H and O–H groups in total. The minimum absolute atomic E-state index is 0.107. The zero-order valence-corrected chi connectivity index (χ0v) is 16.5. The van der Waals surface area contributed by atoms with Crippen LogP contribution in [0, 0.1) is 17.8 Å². The normalized spacial score (nSPS) is 22.0. The lowest BCUT2D eigenvalue weighted by Crippen LogP contribution is -2.50. The Labute approximate surface area is 163 Å². The van der Waals surface area contributed by atoms with E-state index in [2.05, 4.69) is 38.9 Å². The molecule has 146 valence electrons. The van der Waals surface area contributed by atoms with Gasteiger partial charge in [0.15, 0.2) is 0 Å². The van der Waals surface area contributed by atoms with E-state index in [9.17, 15) is 4.79 Å². The monoisotopic (exact) mass is 368 g/mol. The summed E-state index contributed by atoms with van der Waals surface area (Å²) in [6.45, 7) is 7.79. The molecule has 5 nitrogen and oxygen atoms in total. The standard InChI is InChI=1S/C22H32N4O/c1-2-3-6-13-25-15-10-21(11-16-25)26-14-7-8-19(18-26)22(27)24-17-20-9-4-5-12-23-20/h4-5,9,12,19,21H,2,7-8,10-11,13-18H2,1H3,(H,24,27)/t19-/m0/s1. The third kappa shape index (κ3) is 6.05. The number of carbonyl (C=O) groups is 1. The maximum atomic E-state index is 12.6. The smallest absolute Gasteiger partial charge is 0.224 e. The van der Waals surface area contributed by atoms with Crippen LogP contribution in [0.1, 0.15) is 44.7 Å². The molecular formula is C22H32N4O. The summed E-state index contributed by atoms with van der Waals surface area (Å²) < 4.78 is 0. The molecule has 1 amide bonds. The van der Waals surface area contributed by atoms with Crippen molar-refractivity contribution in [1.29, 1.82) is 0 Å². The second kappa shape index (κ2) is 10.4. The van der Waals surface area contributed by atoms with Crippen molar-refractivity contribution >= 4 is 5.91 Å². The van der Waals surface area contributed by atoms with Gasteiger partial charge in [0.25, 0.3) is 0 Å². The van der Waals surface area contributed by atoms with E-state index < -0.39 is 0 Å². The molecule has 1 atom stereocenters. The highest BCUT2D eigenvalue weighted by Crippen LogP contribution is 2.24. The van der Waals surface area contributed by atoms with Crippen molar-refractivity contribution in [3.63, 3.8) is 0 Å². The number of aromatic nitrogens is 1. The predicted octanol–water partition coefficient (Wildman–Crippen LogP) is 2.29. The van der Waals surface area contributed by atoms with Gasteiger partial charge in [-0.3, -0.25) is 19.6 Å². The molecule has 0 spiro atoms. The van der Waals surface area contributed by atoms with Gasteiger partial charge in [-0.05, 0) is 44.4 Å². The van der Waals surface area contributed by atoms with Crippen LogP contribution in [0.3, 0.4) is 0 Å². The van der Waals surface area contributed by atoms with Gasteiger partial charge in [0, 0.05) is 38.3 Å². The van der Waals surface area contributed by atoms with E-state index in [-0.39, 0.29) is 11.8 Å². The molecular weight excluding hydrogens is 336 g/mol. The molecule has 2 fully saturated rings. The Bertz CT molecular complexity index is 643. The number of amides is 1. The van der Waals surface area contributed by atoms with E-state index in [1.54, 1.807) is 6.20 Å². The van der Waals surface area contributed by atoms with Crippen LogP contribution in [0.4, 0.5) is 0 Å². The van der Waals surface area contributed by atoms with Crippen LogP contribution in [-0.4, -0.2) is 59.5 Å². The van der Waals surface area contributed by atoms with Crippen molar-refractivity contribution in [2.45, 2.75) is 51.6 Å². The molecule has 2 aliphatic rings. The molecule has 27 heavy (non-hydrogen) atoms. The van der Waals surface area contributed by atoms with Crippen LogP contribution >= 0.6 is 0 Å². The Hall–Kier alpha value is -1.90. The maximum Gasteiger partial charge on any atom is 0.224 e. The first kappa shape index (κ1) is 19.9. The molecule has 0 saturated carbocycles. The summed E-state index contributed by atoms with van der Waals surface area (Å²) in [6, 6.07) is 6.42. The molecule has 3 rings (SSSR count). The van der Waals surface area contributed by atoms with Gasteiger partial charge in [0.05, 0.1) is 24.7 Å². The second-order valence-corrected chi connectivity index (χ2v) is 7.59.